The molecule has 3 atom stereocenters. The SMILES string of the molecule is COC1=CC=C2[C@H]3Cc4ccc(OC)c5c4[C@]2(CCN3C)C1O5.Cl. The molecular weight excluding hydrogens is 326 g/mol. The van der Waals surface area contributed by atoms with E-state index in [4.69, 9.17) is 14.2 Å². The molecule has 4 nitrogen and oxygen atoms in total. The predicted octanol–water partition coefficient (Wildman–Crippen LogP) is 2.85. The quantitative estimate of drug-likeness (QED) is 0.823. The highest BCUT2D eigenvalue weighted by atomic mass is 35.5. The lowest BCUT2D eigenvalue weighted by Gasteiger charge is -2.52. The molecule has 2 bridgehead atoms. The third-order valence-electron chi connectivity index (χ3n) is 6.16. The van der Waals surface area contributed by atoms with Gasteiger partial charge in [0.25, 0.3) is 0 Å². The van der Waals surface area contributed by atoms with Crippen molar-refractivity contribution < 1.29 is 14.2 Å². The summed E-state index contributed by atoms with van der Waals surface area (Å²) in [6.07, 6.45) is 6.41. The molecule has 0 radical (unpaired) electrons. The molecule has 1 aromatic carbocycles. The van der Waals surface area contributed by atoms with Crippen LogP contribution in [0.2, 0.25) is 0 Å². The number of ether oxygens (including phenoxy) is 3. The van der Waals surface area contributed by atoms with Gasteiger partial charge in [0.05, 0.1) is 19.6 Å². The molecule has 2 aliphatic carbocycles. The van der Waals surface area contributed by atoms with Crippen LogP contribution in [0.4, 0.5) is 0 Å². The summed E-state index contributed by atoms with van der Waals surface area (Å²) in [5.41, 5.74) is 4.15. The fourth-order valence-electron chi connectivity index (χ4n) is 5.10. The van der Waals surface area contributed by atoms with Crippen LogP contribution in [-0.2, 0) is 16.6 Å². The molecule has 1 fully saturated rings. The first-order valence-electron chi connectivity index (χ1n) is 8.24. The predicted molar refractivity (Wildman–Crippen MR) is 94.3 cm³/mol. The van der Waals surface area contributed by atoms with Gasteiger partial charge in [0.15, 0.2) is 17.6 Å². The Morgan fingerprint density at radius 1 is 1.21 bits per heavy atom. The number of benzene rings is 1. The van der Waals surface area contributed by atoms with E-state index in [-0.39, 0.29) is 23.9 Å². The second-order valence-corrected chi connectivity index (χ2v) is 6.95. The van der Waals surface area contributed by atoms with E-state index in [0.717, 1.165) is 36.6 Å². The molecule has 1 aromatic rings. The summed E-state index contributed by atoms with van der Waals surface area (Å²) in [4.78, 5) is 2.48. The Morgan fingerprint density at radius 2 is 2.04 bits per heavy atom. The van der Waals surface area contributed by atoms with E-state index in [2.05, 4.69) is 30.2 Å². The van der Waals surface area contributed by atoms with Crippen LogP contribution in [0.25, 0.3) is 0 Å². The molecule has 1 unspecified atom stereocenters. The van der Waals surface area contributed by atoms with Gasteiger partial charge in [-0.25, -0.2) is 0 Å². The second-order valence-electron chi connectivity index (χ2n) is 6.95. The summed E-state index contributed by atoms with van der Waals surface area (Å²) in [6, 6.07) is 4.72. The minimum Gasteiger partial charge on any atom is -0.497 e. The molecule has 0 amide bonds. The molecule has 2 heterocycles. The average molecular weight is 348 g/mol. The number of methoxy groups -OCH3 is 2. The summed E-state index contributed by atoms with van der Waals surface area (Å²) in [7, 11) is 5.68. The molecule has 0 aromatic heterocycles. The topological polar surface area (TPSA) is 30.9 Å². The van der Waals surface area contributed by atoms with Crippen LogP contribution >= 0.6 is 12.4 Å². The highest BCUT2D eigenvalue weighted by molar-refractivity contribution is 5.85. The summed E-state index contributed by atoms with van der Waals surface area (Å²) < 4.78 is 17.7. The largest absolute Gasteiger partial charge is 0.497 e. The molecule has 1 spiro atoms. The molecule has 5 rings (SSSR count). The molecule has 0 saturated carbocycles. The first-order chi connectivity index (χ1) is 11.2. The van der Waals surface area contributed by atoms with E-state index in [1.165, 1.54) is 16.7 Å². The Labute approximate surface area is 148 Å². The first kappa shape index (κ1) is 15.9. The Kier molecular flexibility index (Phi) is 3.42. The van der Waals surface area contributed by atoms with Crippen LogP contribution in [-0.4, -0.2) is 44.9 Å². The van der Waals surface area contributed by atoms with E-state index in [1.807, 2.05) is 6.07 Å². The van der Waals surface area contributed by atoms with Crippen molar-refractivity contribution in [3.63, 3.8) is 0 Å². The number of hydrogen-bond donors (Lipinski definition) is 0. The van der Waals surface area contributed by atoms with Crippen molar-refractivity contribution in [2.24, 2.45) is 0 Å². The van der Waals surface area contributed by atoms with Crippen molar-refractivity contribution in [2.45, 2.75) is 30.4 Å². The van der Waals surface area contributed by atoms with Gasteiger partial charge in [-0.3, -0.25) is 4.90 Å². The summed E-state index contributed by atoms with van der Waals surface area (Å²) in [5, 5.41) is 0. The standard InChI is InChI=1S/C19H21NO3.ClH/c1-20-9-8-19-12-5-7-15(22-3)18(19)23-17-14(21-2)6-4-11(16(17)19)10-13(12)20;/h4-7,13,18H,8-10H2,1-3H3;1H/t13-,18?,19-;/m1./s1. The van der Waals surface area contributed by atoms with Gasteiger partial charge >= 0.3 is 0 Å². The van der Waals surface area contributed by atoms with Crippen molar-refractivity contribution >= 4 is 12.4 Å². The van der Waals surface area contributed by atoms with Gasteiger partial charge in [-0.15, -0.1) is 12.4 Å². The van der Waals surface area contributed by atoms with E-state index < -0.39 is 0 Å². The van der Waals surface area contributed by atoms with Crippen LogP contribution in [0, 0.1) is 0 Å². The maximum atomic E-state index is 6.46. The fourth-order valence-corrected chi connectivity index (χ4v) is 5.10. The van der Waals surface area contributed by atoms with Crippen molar-refractivity contribution in [1.29, 1.82) is 0 Å². The molecule has 128 valence electrons. The van der Waals surface area contributed by atoms with Gasteiger partial charge in [0.2, 0.25) is 0 Å². The molecule has 1 saturated heterocycles. The maximum absolute atomic E-state index is 6.46. The van der Waals surface area contributed by atoms with Gasteiger partial charge in [-0.1, -0.05) is 12.1 Å². The number of hydrogen-bond acceptors (Lipinski definition) is 4. The number of halogens is 1. The lowest BCUT2D eigenvalue weighted by Crippen LogP contribution is -2.58. The average Bonchev–Trinajstić information content (AvgIpc) is 2.92. The minimum atomic E-state index is -0.0747. The van der Waals surface area contributed by atoms with Gasteiger partial charge in [-0.2, -0.15) is 0 Å². The van der Waals surface area contributed by atoms with E-state index >= 15 is 0 Å². The third kappa shape index (κ3) is 1.63. The normalized spacial score (nSPS) is 32.0. The Balaban J connectivity index is 0.00000146. The number of piperidine rings is 1. The van der Waals surface area contributed by atoms with Crippen LogP contribution in [0.15, 0.2) is 35.6 Å². The van der Waals surface area contributed by atoms with Crippen LogP contribution in [0.1, 0.15) is 17.5 Å². The zero-order valence-electron chi connectivity index (χ0n) is 14.2. The Bertz CT molecular complexity index is 772. The third-order valence-corrected chi connectivity index (χ3v) is 6.16. The van der Waals surface area contributed by atoms with Gasteiger partial charge in [-0.05, 0) is 49.7 Å². The number of likely N-dealkylation sites (tertiary alicyclic amines) is 1. The second kappa shape index (κ2) is 5.17. The molecule has 5 heteroatoms. The summed E-state index contributed by atoms with van der Waals surface area (Å²) in [5.74, 6) is 2.68. The summed E-state index contributed by atoms with van der Waals surface area (Å²) in [6.45, 7) is 1.08. The zero-order valence-corrected chi connectivity index (χ0v) is 15.0. The van der Waals surface area contributed by atoms with Crippen molar-refractivity contribution in [2.75, 3.05) is 27.8 Å². The number of likely N-dealkylation sites (N-methyl/N-ethyl adjacent to an activating group) is 1. The van der Waals surface area contributed by atoms with E-state index in [1.54, 1.807) is 14.2 Å². The van der Waals surface area contributed by atoms with Crippen LogP contribution in [0.5, 0.6) is 11.5 Å². The lowest BCUT2D eigenvalue weighted by atomic mass is 9.57. The minimum absolute atomic E-state index is 0. The van der Waals surface area contributed by atoms with E-state index in [9.17, 15) is 0 Å². The van der Waals surface area contributed by atoms with Crippen LogP contribution < -0.4 is 9.47 Å². The lowest BCUT2D eigenvalue weighted by molar-refractivity contribution is 0.0734. The van der Waals surface area contributed by atoms with Crippen molar-refractivity contribution in [1.82, 2.24) is 4.90 Å². The van der Waals surface area contributed by atoms with Gasteiger partial charge in [0.1, 0.15) is 5.76 Å². The highest BCUT2D eigenvalue weighted by Crippen LogP contribution is 2.62. The molecule has 4 aliphatic rings. The van der Waals surface area contributed by atoms with Gasteiger partial charge in [0, 0.05) is 11.6 Å². The van der Waals surface area contributed by atoms with E-state index in [0.29, 0.717) is 6.04 Å². The molecule has 0 N–H and O–H groups in total. The smallest absolute Gasteiger partial charge is 0.169 e. The zero-order chi connectivity index (χ0) is 15.8. The Hall–Kier alpha value is -1.65. The molecule has 24 heavy (non-hydrogen) atoms. The monoisotopic (exact) mass is 347 g/mol. The van der Waals surface area contributed by atoms with Crippen molar-refractivity contribution in [3.05, 3.63) is 46.7 Å². The van der Waals surface area contributed by atoms with Crippen LogP contribution in [0.3, 0.4) is 0 Å². The van der Waals surface area contributed by atoms with Gasteiger partial charge < -0.3 is 14.2 Å². The number of nitrogens with zero attached hydrogens (tertiary/aromatic N) is 1. The first-order valence-corrected chi connectivity index (χ1v) is 8.24. The maximum Gasteiger partial charge on any atom is 0.169 e. The number of rotatable bonds is 2. The summed E-state index contributed by atoms with van der Waals surface area (Å²) >= 11 is 0. The van der Waals surface area contributed by atoms with Crippen molar-refractivity contribution in [3.8, 4) is 11.5 Å². The highest BCUT2D eigenvalue weighted by Gasteiger charge is 2.61. The molecule has 2 aliphatic heterocycles. The molecular formula is C19H22ClNO3. The Morgan fingerprint density at radius 3 is 2.79 bits per heavy atom. The fraction of sp³-hybridized carbons (Fsp3) is 0.474. The number of allylic oxidation sites excluding steroid dienone is 2.